The summed E-state index contributed by atoms with van der Waals surface area (Å²) in [5.41, 5.74) is 9.26. The number of carbonyl (C=O) groups is 1. The summed E-state index contributed by atoms with van der Waals surface area (Å²) in [7, 11) is 0. The van der Waals surface area contributed by atoms with Gasteiger partial charge in [-0.05, 0) is 25.8 Å². The number of rotatable bonds is 3. The first kappa shape index (κ1) is 16.7. The van der Waals surface area contributed by atoms with Gasteiger partial charge in [-0.1, -0.05) is 30.3 Å². The van der Waals surface area contributed by atoms with Gasteiger partial charge in [0.2, 0.25) is 0 Å². The van der Waals surface area contributed by atoms with E-state index in [1.807, 2.05) is 52.9 Å². The van der Waals surface area contributed by atoms with Crippen LogP contribution in [0, 0.1) is 0 Å². The van der Waals surface area contributed by atoms with Crippen LogP contribution in [-0.2, 0) is 6.54 Å². The summed E-state index contributed by atoms with van der Waals surface area (Å²) in [6, 6.07) is 11.9. The molecule has 1 amide bonds. The van der Waals surface area contributed by atoms with E-state index in [1.165, 1.54) is 0 Å². The number of benzene rings is 1. The van der Waals surface area contributed by atoms with Crippen LogP contribution in [0.3, 0.4) is 0 Å². The Morgan fingerprint density at radius 2 is 2.12 bits per heavy atom. The molecular weight excluding hydrogens is 326 g/mol. The van der Waals surface area contributed by atoms with Crippen molar-refractivity contribution in [2.45, 2.75) is 32.4 Å². The van der Waals surface area contributed by atoms with Crippen LogP contribution in [0.25, 0.3) is 22.3 Å². The SMILES string of the molecule is CCn1ncc2c(C(=O)N3CCCC(N)C3)cc(-c3ccccc3)nc21. The van der Waals surface area contributed by atoms with E-state index in [0.717, 1.165) is 41.7 Å². The molecule has 1 atom stereocenters. The number of aromatic nitrogens is 3. The van der Waals surface area contributed by atoms with E-state index in [-0.39, 0.29) is 11.9 Å². The molecule has 1 saturated heterocycles. The number of nitrogens with two attached hydrogens (primary N) is 1. The van der Waals surface area contributed by atoms with Crippen LogP contribution >= 0.6 is 0 Å². The molecule has 1 fully saturated rings. The van der Waals surface area contributed by atoms with Crippen molar-refractivity contribution in [3.8, 4) is 11.3 Å². The molecule has 3 aromatic rings. The van der Waals surface area contributed by atoms with Gasteiger partial charge in [-0.3, -0.25) is 4.79 Å². The molecule has 0 radical (unpaired) electrons. The maximum Gasteiger partial charge on any atom is 0.254 e. The van der Waals surface area contributed by atoms with Gasteiger partial charge in [-0.15, -0.1) is 0 Å². The Morgan fingerprint density at radius 1 is 1.31 bits per heavy atom. The van der Waals surface area contributed by atoms with E-state index in [9.17, 15) is 4.79 Å². The maximum atomic E-state index is 13.2. The summed E-state index contributed by atoms with van der Waals surface area (Å²) >= 11 is 0. The zero-order valence-electron chi connectivity index (χ0n) is 14.9. The summed E-state index contributed by atoms with van der Waals surface area (Å²) in [6.07, 6.45) is 3.66. The smallest absolute Gasteiger partial charge is 0.254 e. The fraction of sp³-hybridized carbons (Fsp3) is 0.350. The average molecular weight is 349 g/mol. The number of amides is 1. The highest BCUT2D eigenvalue weighted by molar-refractivity contribution is 6.06. The van der Waals surface area contributed by atoms with Gasteiger partial charge in [0.05, 0.1) is 22.8 Å². The van der Waals surface area contributed by atoms with Crippen LogP contribution < -0.4 is 5.73 Å². The van der Waals surface area contributed by atoms with Gasteiger partial charge in [0, 0.05) is 31.2 Å². The molecular formula is C20H23N5O. The minimum Gasteiger partial charge on any atom is -0.337 e. The number of hydrogen-bond donors (Lipinski definition) is 1. The summed E-state index contributed by atoms with van der Waals surface area (Å²) < 4.78 is 1.83. The van der Waals surface area contributed by atoms with E-state index >= 15 is 0 Å². The van der Waals surface area contributed by atoms with Gasteiger partial charge in [-0.25, -0.2) is 9.67 Å². The van der Waals surface area contributed by atoms with Crippen LogP contribution in [0.1, 0.15) is 30.1 Å². The predicted octanol–water partition coefficient (Wildman–Crippen LogP) is 2.68. The molecule has 1 aromatic carbocycles. The predicted molar refractivity (Wildman–Crippen MR) is 102 cm³/mol. The molecule has 6 nitrogen and oxygen atoms in total. The van der Waals surface area contributed by atoms with Crippen molar-refractivity contribution in [3.05, 3.63) is 48.2 Å². The zero-order valence-corrected chi connectivity index (χ0v) is 14.9. The number of nitrogens with zero attached hydrogens (tertiary/aromatic N) is 4. The van der Waals surface area contributed by atoms with E-state index in [2.05, 4.69) is 5.10 Å². The Hall–Kier alpha value is -2.73. The van der Waals surface area contributed by atoms with E-state index in [1.54, 1.807) is 6.20 Å². The first-order valence-corrected chi connectivity index (χ1v) is 9.14. The summed E-state index contributed by atoms with van der Waals surface area (Å²) in [5.74, 6) is 0.0142. The molecule has 134 valence electrons. The van der Waals surface area contributed by atoms with Crippen molar-refractivity contribution in [3.63, 3.8) is 0 Å². The number of hydrogen-bond acceptors (Lipinski definition) is 4. The second-order valence-electron chi connectivity index (χ2n) is 6.77. The van der Waals surface area contributed by atoms with Crippen molar-refractivity contribution in [1.82, 2.24) is 19.7 Å². The molecule has 0 bridgehead atoms. The van der Waals surface area contributed by atoms with Gasteiger partial charge in [0.15, 0.2) is 5.65 Å². The fourth-order valence-electron chi connectivity index (χ4n) is 3.58. The minimum absolute atomic E-state index is 0.0142. The summed E-state index contributed by atoms with van der Waals surface area (Å²) in [5, 5.41) is 5.21. The monoisotopic (exact) mass is 349 g/mol. The molecule has 2 N–H and O–H groups in total. The third kappa shape index (κ3) is 2.97. The molecule has 1 aliphatic rings. The third-order valence-electron chi connectivity index (χ3n) is 4.95. The number of fused-ring (bicyclic) bond motifs is 1. The van der Waals surface area contributed by atoms with Crippen molar-refractivity contribution in [2.24, 2.45) is 5.73 Å². The van der Waals surface area contributed by atoms with Crippen LogP contribution in [0.2, 0.25) is 0 Å². The number of carbonyl (C=O) groups excluding carboxylic acids is 1. The topological polar surface area (TPSA) is 77.0 Å². The molecule has 1 unspecified atom stereocenters. The lowest BCUT2D eigenvalue weighted by molar-refractivity contribution is 0.0711. The quantitative estimate of drug-likeness (QED) is 0.789. The summed E-state index contributed by atoms with van der Waals surface area (Å²) in [6.45, 7) is 4.08. The standard InChI is InChI=1S/C20H23N5O/c1-2-25-19-17(12-22-25)16(20(26)24-10-6-9-15(21)13-24)11-18(23-19)14-7-4-3-5-8-14/h3-5,7-8,11-12,15H,2,6,9-10,13,21H2,1H3. The highest BCUT2D eigenvalue weighted by atomic mass is 16.2. The minimum atomic E-state index is 0.0142. The number of piperidine rings is 1. The third-order valence-corrected chi connectivity index (χ3v) is 4.95. The number of pyridine rings is 1. The molecule has 0 spiro atoms. The van der Waals surface area contributed by atoms with Crippen LogP contribution in [0.4, 0.5) is 0 Å². The molecule has 6 heteroatoms. The fourth-order valence-corrected chi connectivity index (χ4v) is 3.58. The van der Waals surface area contributed by atoms with Gasteiger partial charge in [-0.2, -0.15) is 5.10 Å². The Balaban J connectivity index is 1.84. The summed E-state index contributed by atoms with van der Waals surface area (Å²) in [4.78, 5) is 19.9. The highest BCUT2D eigenvalue weighted by Crippen LogP contribution is 2.26. The molecule has 0 aliphatic carbocycles. The number of aryl methyl sites for hydroxylation is 1. The Bertz CT molecular complexity index is 934. The lowest BCUT2D eigenvalue weighted by Gasteiger charge is -2.31. The highest BCUT2D eigenvalue weighted by Gasteiger charge is 2.25. The second-order valence-corrected chi connectivity index (χ2v) is 6.77. The van der Waals surface area contributed by atoms with Crippen molar-refractivity contribution >= 4 is 16.9 Å². The zero-order chi connectivity index (χ0) is 18.1. The molecule has 3 heterocycles. The Kier molecular flexibility index (Phi) is 4.42. The largest absolute Gasteiger partial charge is 0.337 e. The first-order chi connectivity index (χ1) is 12.7. The van der Waals surface area contributed by atoms with E-state index < -0.39 is 0 Å². The van der Waals surface area contributed by atoms with E-state index in [0.29, 0.717) is 18.7 Å². The molecule has 2 aromatic heterocycles. The van der Waals surface area contributed by atoms with Gasteiger partial charge >= 0.3 is 0 Å². The molecule has 4 rings (SSSR count). The van der Waals surface area contributed by atoms with Crippen molar-refractivity contribution in [1.29, 1.82) is 0 Å². The normalized spacial score (nSPS) is 17.6. The van der Waals surface area contributed by atoms with Crippen LogP contribution in [0.15, 0.2) is 42.6 Å². The molecule has 0 saturated carbocycles. The van der Waals surface area contributed by atoms with Gasteiger partial charge in [0.25, 0.3) is 5.91 Å². The van der Waals surface area contributed by atoms with E-state index in [4.69, 9.17) is 10.7 Å². The molecule has 1 aliphatic heterocycles. The lowest BCUT2D eigenvalue weighted by atomic mass is 10.0. The maximum absolute atomic E-state index is 13.2. The van der Waals surface area contributed by atoms with Crippen molar-refractivity contribution in [2.75, 3.05) is 13.1 Å². The average Bonchev–Trinajstić information content (AvgIpc) is 3.10. The van der Waals surface area contributed by atoms with Crippen molar-refractivity contribution < 1.29 is 4.79 Å². The first-order valence-electron chi connectivity index (χ1n) is 9.14. The Morgan fingerprint density at radius 3 is 2.85 bits per heavy atom. The lowest BCUT2D eigenvalue weighted by Crippen LogP contribution is -2.45. The van der Waals surface area contributed by atoms with Gasteiger partial charge in [0.1, 0.15) is 0 Å². The second kappa shape index (κ2) is 6.88. The van der Waals surface area contributed by atoms with Gasteiger partial charge < -0.3 is 10.6 Å². The van der Waals surface area contributed by atoms with Crippen LogP contribution in [0.5, 0.6) is 0 Å². The van der Waals surface area contributed by atoms with Crippen LogP contribution in [-0.4, -0.2) is 44.7 Å². The Labute approximate surface area is 152 Å². The number of likely N-dealkylation sites (tertiary alicyclic amines) is 1. The molecule has 26 heavy (non-hydrogen) atoms.